The van der Waals surface area contributed by atoms with Crippen molar-refractivity contribution in [2.75, 3.05) is 66.6 Å². The molecular formula is C18H37N5O2. The number of hydrogen-bond acceptors (Lipinski definition) is 4. The van der Waals surface area contributed by atoms with Crippen LogP contribution in [0.2, 0.25) is 0 Å². The predicted octanol–water partition coefficient (Wildman–Crippen LogP) is 0.912. The summed E-state index contributed by atoms with van der Waals surface area (Å²) in [5, 5.41) is 6.70. The van der Waals surface area contributed by atoms with E-state index in [9.17, 15) is 4.79 Å². The second-order valence-corrected chi connectivity index (χ2v) is 6.67. The zero-order valence-electron chi connectivity index (χ0n) is 16.4. The molecule has 0 aromatic heterocycles. The Hall–Kier alpha value is -1.34. The van der Waals surface area contributed by atoms with Gasteiger partial charge in [0.1, 0.15) is 6.54 Å². The average Bonchev–Trinajstić information content (AvgIpc) is 2.62. The maximum atomic E-state index is 11.7. The highest BCUT2D eigenvalue weighted by atomic mass is 16.5. The molecule has 0 aromatic rings. The Kier molecular flexibility index (Phi) is 12.1. The van der Waals surface area contributed by atoms with E-state index in [-0.39, 0.29) is 12.5 Å². The van der Waals surface area contributed by atoms with Crippen molar-refractivity contribution < 1.29 is 9.53 Å². The second-order valence-electron chi connectivity index (χ2n) is 6.67. The molecule has 0 unspecified atom stereocenters. The molecule has 0 radical (unpaired) electrons. The summed E-state index contributed by atoms with van der Waals surface area (Å²) in [5.74, 6) is 0.758. The highest BCUT2D eigenvalue weighted by Crippen LogP contribution is 1.98. The summed E-state index contributed by atoms with van der Waals surface area (Å²) in [6.45, 7) is 8.93. The molecule has 0 saturated carbocycles. The van der Waals surface area contributed by atoms with Gasteiger partial charge in [-0.1, -0.05) is 26.2 Å². The van der Waals surface area contributed by atoms with Gasteiger partial charge in [-0.05, 0) is 19.4 Å². The Morgan fingerprint density at radius 2 is 1.76 bits per heavy atom. The molecule has 0 atom stereocenters. The molecule has 7 nitrogen and oxygen atoms in total. The summed E-state index contributed by atoms with van der Waals surface area (Å²) >= 11 is 0. The Labute approximate surface area is 153 Å². The smallest absolute Gasteiger partial charge is 0.243 e. The minimum atomic E-state index is 0.0143. The lowest BCUT2D eigenvalue weighted by Gasteiger charge is -2.26. The molecule has 1 heterocycles. The summed E-state index contributed by atoms with van der Waals surface area (Å²) in [4.78, 5) is 20.2. The molecule has 0 bridgehead atoms. The van der Waals surface area contributed by atoms with E-state index in [1.54, 1.807) is 19.0 Å². The van der Waals surface area contributed by atoms with Gasteiger partial charge < -0.3 is 20.3 Å². The van der Waals surface area contributed by atoms with Gasteiger partial charge in [0.2, 0.25) is 5.91 Å². The molecule has 1 rings (SSSR count). The van der Waals surface area contributed by atoms with Crippen LogP contribution in [0.4, 0.5) is 0 Å². The number of ether oxygens (including phenoxy) is 1. The first-order chi connectivity index (χ1) is 12.1. The third-order valence-corrected chi connectivity index (χ3v) is 4.24. The lowest BCUT2D eigenvalue weighted by molar-refractivity contribution is -0.127. The van der Waals surface area contributed by atoms with Crippen molar-refractivity contribution in [2.24, 2.45) is 4.99 Å². The molecule has 1 aliphatic rings. The number of guanidine groups is 1. The zero-order valence-corrected chi connectivity index (χ0v) is 16.4. The predicted molar refractivity (Wildman–Crippen MR) is 103 cm³/mol. The fraction of sp³-hybridized carbons (Fsp3) is 0.889. The van der Waals surface area contributed by atoms with Crippen LogP contribution in [0.25, 0.3) is 0 Å². The first-order valence-electron chi connectivity index (χ1n) is 9.66. The van der Waals surface area contributed by atoms with Gasteiger partial charge in [0, 0.05) is 40.3 Å². The number of unbranched alkanes of at least 4 members (excludes halogenated alkanes) is 3. The highest BCUT2D eigenvalue weighted by molar-refractivity contribution is 5.84. The number of amides is 1. The normalized spacial score (nSPS) is 15.9. The van der Waals surface area contributed by atoms with Gasteiger partial charge in [0.05, 0.1) is 13.2 Å². The van der Waals surface area contributed by atoms with Crippen molar-refractivity contribution in [3.63, 3.8) is 0 Å². The van der Waals surface area contributed by atoms with Gasteiger partial charge in [0.25, 0.3) is 0 Å². The van der Waals surface area contributed by atoms with E-state index in [1.807, 2.05) is 0 Å². The van der Waals surface area contributed by atoms with Crippen LogP contribution in [-0.4, -0.2) is 88.2 Å². The zero-order chi connectivity index (χ0) is 18.3. The SMILES string of the molecule is CCCCCCNC(=NCC(=O)N(C)C)NCCCN1CCOCC1. The Morgan fingerprint density at radius 1 is 1.08 bits per heavy atom. The van der Waals surface area contributed by atoms with Crippen molar-refractivity contribution in [3.05, 3.63) is 0 Å². The van der Waals surface area contributed by atoms with Crippen LogP contribution in [0, 0.1) is 0 Å². The quantitative estimate of drug-likeness (QED) is 0.328. The Morgan fingerprint density at radius 3 is 2.40 bits per heavy atom. The first kappa shape index (κ1) is 21.7. The van der Waals surface area contributed by atoms with Gasteiger partial charge in [0.15, 0.2) is 5.96 Å². The van der Waals surface area contributed by atoms with E-state index in [2.05, 4.69) is 27.4 Å². The number of aliphatic imine (C=N–C) groups is 1. The molecule has 1 fully saturated rings. The van der Waals surface area contributed by atoms with Gasteiger partial charge >= 0.3 is 0 Å². The molecule has 2 N–H and O–H groups in total. The summed E-state index contributed by atoms with van der Waals surface area (Å²) < 4.78 is 5.37. The molecule has 0 spiro atoms. The number of rotatable bonds is 11. The molecule has 0 aliphatic carbocycles. The maximum absolute atomic E-state index is 11.7. The van der Waals surface area contributed by atoms with Crippen molar-refractivity contribution in [1.82, 2.24) is 20.4 Å². The summed E-state index contributed by atoms with van der Waals surface area (Å²) in [7, 11) is 3.51. The molecular weight excluding hydrogens is 318 g/mol. The topological polar surface area (TPSA) is 69.2 Å². The van der Waals surface area contributed by atoms with Gasteiger partial charge in [-0.2, -0.15) is 0 Å². The maximum Gasteiger partial charge on any atom is 0.243 e. The van der Waals surface area contributed by atoms with Crippen LogP contribution in [0.5, 0.6) is 0 Å². The lowest BCUT2D eigenvalue weighted by atomic mass is 10.2. The average molecular weight is 356 g/mol. The van der Waals surface area contributed by atoms with Crippen LogP contribution >= 0.6 is 0 Å². The molecule has 1 saturated heterocycles. The summed E-state index contributed by atoms with van der Waals surface area (Å²) in [5.41, 5.74) is 0. The monoisotopic (exact) mass is 355 g/mol. The molecule has 7 heteroatoms. The molecule has 1 aliphatic heterocycles. The van der Waals surface area contributed by atoms with E-state index < -0.39 is 0 Å². The summed E-state index contributed by atoms with van der Waals surface area (Å²) in [6.07, 6.45) is 5.91. The van der Waals surface area contributed by atoms with E-state index >= 15 is 0 Å². The standard InChI is InChI=1S/C18H37N5O2/c1-4-5-6-7-9-19-18(21-16-17(24)22(2)3)20-10-8-11-23-12-14-25-15-13-23/h4-16H2,1-3H3,(H2,19,20,21). The van der Waals surface area contributed by atoms with Gasteiger partial charge in [-0.25, -0.2) is 4.99 Å². The second kappa shape index (κ2) is 13.9. The summed E-state index contributed by atoms with van der Waals surface area (Å²) in [6, 6.07) is 0. The van der Waals surface area contributed by atoms with Gasteiger partial charge in [-0.3, -0.25) is 9.69 Å². The number of morpholine rings is 1. The number of nitrogens with one attached hydrogen (secondary N) is 2. The van der Waals surface area contributed by atoms with Gasteiger partial charge in [-0.15, -0.1) is 0 Å². The van der Waals surface area contributed by atoms with Crippen molar-refractivity contribution >= 4 is 11.9 Å². The fourth-order valence-corrected chi connectivity index (χ4v) is 2.56. The third kappa shape index (κ3) is 11.0. The van der Waals surface area contributed by atoms with Crippen LogP contribution < -0.4 is 10.6 Å². The Balaban J connectivity index is 2.29. The largest absolute Gasteiger partial charge is 0.379 e. The number of nitrogens with zero attached hydrogens (tertiary/aromatic N) is 3. The number of likely N-dealkylation sites (N-methyl/N-ethyl adjacent to an activating group) is 1. The molecule has 146 valence electrons. The number of hydrogen-bond donors (Lipinski definition) is 2. The van der Waals surface area contributed by atoms with Crippen molar-refractivity contribution in [3.8, 4) is 0 Å². The number of carbonyl (C=O) groups excluding carboxylic acids is 1. The van der Waals surface area contributed by atoms with Crippen LogP contribution in [0.3, 0.4) is 0 Å². The molecule has 25 heavy (non-hydrogen) atoms. The highest BCUT2D eigenvalue weighted by Gasteiger charge is 2.09. The van der Waals surface area contributed by atoms with Crippen molar-refractivity contribution in [2.45, 2.75) is 39.0 Å². The van der Waals surface area contributed by atoms with E-state index in [4.69, 9.17) is 4.74 Å². The molecule has 1 amide bonds. The minimum absolute atomic E-state index is 0.0143. The number of carbonyl (C=O) groups is 1. The van der Waals surface area contributed by atoms with Crippen LogP contribution in [0.1, 0.15) is 39.0 Å². The molecule has 0 aromatic carbocycles. The van der Waals surface area contributed by atoms with E-state index in [1.165, 1.54) is 19.3 Å². The first-order valence-corrected chi connectivity index (χ1v) is 9.66. The van der Waals surface area contributed by atoms with Crippen LogP contribution in [-0.2, 0) is 9.53 Å². The third-order valence-electron chi connectivity index (χ3n) is 4.24. The van der Waals surface area contributed by atoms with E-state index in [0.29, 0.717) is 0 Å². The fourth-order valence-electron chi connectivity index (χ4n) is 2.56. The van der Waals surface area contributed by atoms with Crippen LogP contribution in [0.15, 0.2) is 4.99 Å². The minimum Gasteiger partial charge on any atom is -0.379 e. The van der Waals surface area contributed by atoms with Crippen molar-refractivity contribution in [1.29, 1.82) is 0 Å². The lowest BCUT2D eigenvalue weighted by Crippen LogP contribution is -2.41. The van der Waals surface area contributed by atoms with E-state index in [0.717, 1.165) is 64.7 Å². The Bertz CT molecular complexity index is 382.